The van der Waals surface area contributed by atoms with Crippen molar-refractivity contribution in [2.75, 3.05) is 18.8 Å². The van der Waals surface area contributed by atoms with E-state index in [-0.39, 0.29) is 18.2 Å². The van der Waals surface area contributed by atoms with Crippen molar-refractivity contribution in [2.24, 2.45) is 0 Å². The van der Waals surface area contributed by atoms with E-state index >= 15 is 0 Å². The molecule has 0 aliphatic carbocycles. The summed E-state index contributed by atoms with van der Waals surface area (Å²) >= 11 is 0. The van der Waals surface area contributed by atoms with Crippen LogP contribution in [0.25, 0.3) is 0 Å². The molecule has 0 aromatic heterocycles. The van der Waals surface area contributed by atoms with Crippen molar-refractivity contribution in [3.8, 4) is 0 Å². The minimum absolute atomic E-state index is 0.0561. The van der Waals surface area contributed by atoms with Crippen LogP contribution in [0.5, 0.6) is 0 Å². The van der Waals surface area contributed by atoms with Gasteiger partial charge in [0.05, 0.1) is 5.56 Å². The van der Waals surface area contributed by atoms with E-state index in [0.29, 0.717) is 24.3 Å². The number of nitrogens with two attached hydrogens (primary N) is 1. The van der Waals surface area contributed by atoms with Crippen molar-refractivity contribution >= 4 is 17.5 Å². The molecule has 5 heteroatoms. The van der Waals surface area contributed by atoms with Crippen molar-refractivity contribution in [1.82, 2.24) is 10.6 Å². The first-order valence-electron chi connectivity index (χ1n) is 6.45. The highest BCUT2D eigenvalue weighted by Gasteiger charge is 2.09. The summed E-state index contributed by atoms with van der Waals surface area (Å²) in [5.41, 5.74) is 7.62. The Bertz CT molecular complexity index is 458. The number of hydrogen-bond acceptors (Lipinski definition) is 3. The molecule has 1 rings (SSSR count). The molecular formula is C14H21N3O2. The van der Waals surface area contributed by atoms with Crippen LogP contribution in [-0.2, 0) is 4.79 Å². The fraction of sp³-hybridized carbons (Fsp3) is 0.429. The van der Waals surface area contributed by atoms with E-state index in [0.717, 1.165) is 12.0 Å². The van der Waals surface area contributed by atoms with Gasteiger partial charge in [-0.15, -0.1) is 0 Å². The smallest absolute Gasteiger partial charge is 0.253 e. The highest BCUT2D eigenvalue weighted by atomic mass is 16.2. The Kier molecular flexibility index (Phi) is 5.85. The predicted octanol–water partition coefficient (Wildman–Crippen LogP) is 1.22. The Morgan fingerprint density at radius 2 is 1.95 bits per heavy atom. The van der Waals surface area contributed by atoms with Gasteiger partial charge in [0.2, 0.25) is 5.91 Å². The summed E-state index contributed by atoms with van der Waals surface area (Å²) in [7, 11) is 0. The topological polar surface area (TPSA) is 84.2 Å². The van der Waals surface area contributed by atoms with Crippen LogP contribution in [-0.4, -0.2) is 24.9 Å². The average molecular weight is 263 g/mol. The molecule has 2 amide bonds. The number of rotatable bonds is 6. The molecule has 0 spiro atoms. The second kappa shape index (κ2) is 7.41. The van der Waals surface area contributed by atoms with Crippen LogP contribution in [0.15, 0.2) is 18.2 Å². The summed E-state index contributed by atoms with van der Waals surface area (Å²) in [6, 6.07) is 5.30. The Hall–Kier alpha value is -2.04. The van der Waals surface area contributed by atoms with Crippen molar-refractivity contribution in [1.29, 1.82) is 0 Å². The molecule has 4 N–H and O–H groups in total. The molecule has 0 unspecified atom stereocenters. The lowest BCUT2D eigenvalue weighted by Gasteiger charge is -2.08. The lowest BCUT2D eigenvalue weighted by atomic mass is 10.1. The number of anilines is 1. The number of hydrogen-bond donors (Lipinski definition) is 3. The van der Waals surface area contributed by atoms with Gasteiger partial charge in [-0.25, -0.2) is 0 Å². The van der Waals surface area contributed by atoms with Gasteiger partial charge in [0.25, 0.3) is 5.91 Å². The minimum atomic E-state index is -0.246. The first-order chi connectivity index (χ1) is 9.04. The van der Waals surface area contributed by atoms with Crippen molar-refractivity contribution < 1.29 is 9.59 Å². The number of carbonyl (C=O) groups excluding carboxylic acids is 2. The van der Waals surface area contributed by atoms with Crippen LogP contribution in [0.1, 0.15) is 35.7 Å². The van der Waals surface area contributed by atoms with E-state index in [9.17, 15) is 9.59 Å². The normalized spacial score (nSPS) is 10.0. The minimum Gasteiger partial charge on any atom is -0.398 e. The lowest BCUT2D eigenvalue weighted by molar-refractivity contribution is -0.120. The molecule has 0 fully saturated rings. The molecule has 0 heterocycles. The third kappa shape index (κ3) is 4.99. The highest BCUT2D eigenvalue weighted by Crippen LogP contribution is 2.13. The second-order valence-electron chi connectivity index (χ2n) is 4.45. The Morgan fingerprint density at radius 1 is 1.21 bits per heavy atom. The van der Waals surface area contributed by atoms with Crippen LogP contribution in [0.2, 0.25) is 0 Å². The summed E-state index contributed by atoms with van der Waals surface area (Å²) in [6.45, 7) is 4.86. The first-order valence-corrected chi connectivity index (χ1v) is 6.45. The van der Waals surface area contributed by atoms with Gasteiger partial charge in [0.15, 0.2) is 0 Å². The van der Waals surface area contributed by atoms with Gasteiger partial charge < -0.3 is 16.4 Å². The monoisotopic (exact) mass is 263 g/mol. The van der Waals surface area contributed by atoms with E-state index in [1.165, 1.54) is 0 Å². The first kappa shape index (κ1) is 15.0. The van der Waals surface area contributed by atoms with Gasteiger partial charge in [0.1, 0.15) is 0 Å². The fourth-order valence-corrected chi connectivity index (χ4v) is 1.60. The molecule has 1 aromatic rings. The summed E-state index contributed by atoms with van der Waals surface area (Å²) in [4.78, 5) is 23.2. The van der Waals surface area contributed by atoms with E-state index in [2.05, 4.69) is 10.6 Å². The predicted molar refractivity (Wildman–Crippen MR) is 75.8 cm³/mol. The van der Waals surface area contributed by atoms with Crippen molar-refractivity contribution in [3.63, 3.8) is 0 Å². The number of nitrogen functional groups attached to an aromatic ring is 1. The average Bonchev–Trinajstić information content (AvgIpc) is 2.39. The molecule has 19 heavy (non-hydrogen) atoms. The SMILES string of the molecule is CCCNC(=O)CCNC(=O)c1cc(C)ccc1N. The molecule has 0 aliphatic heterocycles. The van der Waals surface area contributed by atoms with E-state index in [4.69, 9.17) is 5.73 Å². The number of amides is 2. The van der Waals surface area contributed by atoms with E-state index in [1.807, 2.05) is 19.9 Å². The number of benzene rings is 1. The summed E-state index contributed by atoms with van der Waals surface area (Å²) < 4.78 is 0. The number of aryl methyl sites for hydroxylation is 1. The molecule has 0 saturated heterocycles. The maximum absolute atomic E-state index is 11.9. The fourth-order valence-electron chi connectivity index (χ4n) is 1.60. The molecule has 0 saturated carbocycles. The van der Waals surface area contributed by atoms with E-state index < -0.39 is 0 Å². The quantitative estimate of drug-likeness (QED) is 0.675. The van der Waals surface area contributed by atoms with Crippen molar-refractivity contribution in [2.45, 2.75) is 26.7 Å². The zero-order chi connectivity index (χ0) is 14.3. The number of carbonyl (C=O) groups is 2. The Balaban J connectivity index is 2.43. The van der Waals surface area contributed by atoms with Crippen LogP contribution >= 0.6 is 0 Å². The zero-order valence-electron chi connectivity index (χ0n) is 11.5. The standard InChI is InChI=1S/C14H21N3O2/c1-3-7-16-13(18)6-8-17-14(19)11-9-10(2)4-5-12(11)15/h4-5,9H,3,6-8,15H2,1-2H3,(H,16,18)(H,17,19). The molecule has 1 aromatic carbocycles. The van der Waals surface area contributed by atoms with Gasteiger partial charge in [-0.2, -0.15) is 0 Å². The maximum Gasteiger partial charge on any atom is 0.253 e. The van der Waals surface area contributed by atoms with Crippen LogP contribution < -0.4 is 16.4 Å². The molecule has 0 atom stereocenters. The summed E-state index contributed by atoms with van der Waals surface area (Å²) in [6.07, 6.45) is 1.18. The van der Waals surface area contributed by atoms with Crippen molar-refractivity contribution in [3.05, 3.63) is 29.3 Å². The molecule has 0 bridgehead atoms. The van der Waals surface area contributed by atoms with Crippen LogP contribution in [0, 0.1) is 6.92 Å². The van der Waals surface area contributed by atoms with Gasteiger partial charge in [-0.3, -0.25) is 9.59 Å². The van der Waals surface area contributed by atoms with Crippen LogP contribution in [0.3, 0.4) is 0 Å². The molecule has 104 valence electrons. The largest absolute Gasteiger partial charge is 0.398 e. The number of nitrogens with one attached hydrogen (secondary N) is 2. The highest BCUT2D eigenvalue weighted by molar-refractivity contribution is 5.99. The molecular weight excluding hydrogens is 242 g/mol. The van der Waals surface area contributed by atoms with Gasteiger partial charge in [-0.1, -0.05) is 18.6 Å². The van der Waals surface area contributed by atoms with Gasteiger partial charge in [0, 0.05) is 25.2 Å². The second-order valence-corrected chi connectivity index (χ2v) is 4.45. The maximum atomic E-state index is 11.9. The molecule has 5 nitrogen and oxygen atoms in total. The van der Waals surface area contributed by atoms with Gasteiger partial charge >= 0.3 is 0 Å². The lowest BCUT2D eigenvalue weighted by Crippen LogP contribution is -2.31. The van der Waals surface area contributed by atoms with Gasteiger partial charge in [-0.05, 0) is 25.5 Å². The third-order valence-corrected chi connectivity index (χ3v) is 2.66. The van der Waals surface area contributed by atoms with Crippen LogP contribution in [0.4, 0.5) is 5.69 Å². The molecule has 0 aliphatic rings. The van der Waals surface area contributed by atoms with E-state index in [1.54, 1.807) is 12.1 Å². The Morgan fingerprint density at radius 3 is 2.63 bits per heavy atom. The third-order valence-electron chi connectivity index (χ3n) is 2.66. The summed E-state index contributed by atoms with van der Waals surface area (Å²) in [5.74, 6) is -0.302. The molecule has 0 radical (unpaired) electrons. The summed E-state index contributed by atoms with van der Waals surface area (Å²) in [5, 5.41) is 5.45. The zero-order valence-corrected chi connectivity index (χ0v) is 11.5. The Labute approximate surface area is 113 Å².